The molecule has 4 nitrogen and oxygen atoms in total. The minimum absolute atomic E-state index is 0. The van der Waals surface area contributed by atoms with Crippen molar-refractivity contribution in [2.75, 3.05) is 26.7 Å². The molecule has 2 rings (SSSR count). The van der Waals surface area contributed by atoms with Crippen LogP contribution in [0.4, 0.5) is 0 Å². The Hall–Kier alpha value is -1.26. The van der Waals surface area contributed by atoms with Crippen LogP contribution in [0.3, 0.4) is 0 Å². The molecule has 100 valence electrons. The summed E-state index contributed by atoms with van der Waals surface area (Å²) in [6.45, 7) is 4.54. The van der Waals surface area contributed by atoms with Crippen LogP contribution >= 0.6 is 12.4 Å². The van der Waals surface area contributed by atoms with Crippen LogP contribution in [0.1, 0.15) is 17.3 Å². The second kappa shape index (κ2) is 6.61. The quantitative estimate of drug-likeness (QED) is 0.887. The summed E-state index contributed by atoms with van der Waals surface area (Å²) in [5, 5.41) is 3.27. The van der Waals surface area contributed by atoms with Gasteiger partial charge < -0.3 is 15.0 Å². The largest absolute Gasteiger partial charge is 0.497 e. The molecule has 1 atom stereocenters. The minimum Gasteiger partial charge on any atom is -0.497 e. The van der Waals surface area contributed by atoms with E-state index in [9.17, 15) is 4.79 Å². The third-order valence-electron chi connectivity index (χ3n) is 3.08. The molecule has 1 aliphatic rings. The van der Waals surface area contributed by atoms with Gasteiger partial charge in [-0.05, 0) is 25.1 Å². The van der Waals surface area contributed by atoms with Crippen molar-refractivity contribution < 1.29 is 9.53 Å². The van der Waals surface area contributed by atoms with Crippen LogP contribution in [0.25, 0.3) is 0 Å². The fourth-order valence-electron chi connectivity index (χ4n) is 2.06. The van der Waals surface area contributed by atoms with Gasteiger partial charge in [0.2, 0.25) is 0 Å². The molecule has 0 unspecified atom stereocenters. The molecule has 0 radical (unpaired) electrons. The van der Waals surface area contributed by atoms with Crippen molar-refractivity contribution in [3.8, 4) is 5.75 Å². The van der Waals surface area contributed by atoms with Crippen molar-refractivity contribution >= 4 is 18.3 Å². The van der Waals surface area contributed by atoms with Crippen LogP contribution in [-0.2, 0) is 0 Å². The normalized spacial score (nSPS) is 19.0. The summed E-state index contributed by atoms with van der Waals surface area (Å²) in [7, 11) is 1.61. The van der Waals surface area contributed by atoms with Gasteiger partial charge in [-0.2, -0.15) is 0 Å². The van der Waals surface area contributed by atoms with Gasteiger partial charge in [0, 0.05) is 31.2 Å². The molecule has 0 bridgehead atoms. The number of hydrogen-bond acceptors (Lipinski definition) is 3. The highest BCUT2D eigenvalue weighted by Crippen LogP contribution is 2.16. The first-order valence-corrected chi connectivity index (χ1v) is 5.88. The number of carbonyl (C=O) groups is 1. The van der Waals surface area contributed by atoms with Gasteiger partial charge in [0.1, 0.15) is 5.75 Å². The number of rotatable bonds is 2. The van der Waals surface area contributed by atoms with Crippen LogP contribution in [0.2, 0.25) is 0 Å². The summed E-state index contributed by atoms with van der Waals surface area (Å²) >= 11 is 0. The molecule has 0 aromatic heterocycles. The lowest BCUT2D eigenvalue weighted by atomic mass is 10.1. The van der Waals surface area contributed by atoms with E-state index < -0.39 is 0 Å². The van der Waals surface area contributed by atoms with Gasteiger partial charge in [0.25, 0.3) is 5.91 Å². The zero-order valence-corrected chi connectivity index (χ0v) is 11.5. The summed E-state index contributed by atoms with van der Waals surface area (Å²) in [5.41, 5.74) is 0.693. The topological polar surface area (TPSA) is 41.6 Å². The lowest BCUT2D eigenvalue weighted by Crippen LogP contribution is -2.52. The molecular weight excluding hydrogens is 252 g/mol. The van der Waals surface area contributed by atoms with Crippen molar-refractivity contribution in [3.05, 3.63) is 29.8 Å². The molecule has 1 saturated heterocycles. The van der Waals surface area contributed by atoms with Gasteiger partial charge in [-0.1, -0.05) is 6.07 Å². The van der Waals surface area contributed by atoms with Crippen molar-refractivity contribution in [1.29, 1.82) is 0 Å². The number of nitrogens with zero attached hydrogens (tertiary/aromatic N) is 1. The SMILES string of the molecule is COc1cccc(C(=O)N2CCNC[C@@H]2C)c1.Cl. The van der Waals surface area contributed by atoms with Gasteiger partial charge in [-0.3, -0.25) is 4.79 Å². The Morgan fingerprint density at radius 2 is 2.28 bits per heavy atom. The van der Waals surface area contributed by atoms with Crippen molar-refractivity contribution in [1.82, 2.24) is 10.2 Å². The fourth-order valence-corrected chi connectivity index (χ4v) is 2.06. The average molecular weight is 271 g/mol. The molecule has 1 amide bonds. The minimum atomic E-state index is 0. The first kappa shape index (κ1) is 14.8. The van der Waals surface area contributed by atoms with E-state index in [1.54, 1.807) is 13.2 Å². The van der Waals surface area contributed by atoms with Crippen molar-refractivity contribution in [2.45, 2.75) is 13.0 Å². The molecular formula is C13H19ClN2O2. The van der Waals surface area contributed by atoms with Gasteiger partial charge >= 0.3 is 0 Å². The second-order valence-electron chi connectivity index (χ2n) is 4.28. The number of hydrogen-bond donors (Lipinski definition) is 1. The molecule has 1 fully saturated rings. The Kier molecular flexibility index (Phi) is 5.44. The first-order chi connectivity index (χ1) is 8.22. The predicted molar refractivity (Wildman–Crippen MR) is 73.6 cm³/mol. The number of methoxy groups -OCH3 is 1. The molecule has 1 N–H and O–H groups in total. The molecule has 0 spiro atoms. The molecule has 1 aliphatic heterocycles. The Bertz CT molecular complexity index is 412. The lowest BCUT2D eigenvalue weighted by Gasteiger charge is -2.34. The molecule has 5 heteroatoms. The summed E-state index contributed by atoms with van der Waals surface area (Å²) in [6, 6.07) is 7.55. The van der Waals surface area contributed by atoms with E-state index in [1.807, 2.05) is 23.1 Å². The number of piperazine rings is 1. The maximum absolute atomic E-state index is 12.3. The van der Waals surface area contributed by atoms with E-state index in [1.165, 1.54) is 0 Å². The summed E-state index contributed by atoms with van der Waals surface area (Å²) < 4.78 is 5.14. The Morgan fingerprint density at radius 3 is 2.94 bits per heavy atom. The highest BCUT2D eigenvalue weighted by molar-refractivity contribution is 5.94. The number of ether oxygens (including phenoxy) is 1. The number of halogens is 1. The maximum Gasteiger partial charge on any atom is 0.254 e. The molecule has 0 saturated carbocycles. The fraction of sp³-hybridized carbons (Fsp3) is 0.462. The zero-order chi connectivity index (χ0) is 12.3. The highest BCUT2D eigenvalue weighted by atomic mass is 35.5. The second-order valence-corrected chi connectivity index (χ2v) is 4.28. The van der Waals surface area contributed by atoms with Crippen LogP contribution in [0, 0.1) is 0 Å². The lowest BCUT2D eigenvalue weighted by molar-refractivity contribution is 0.0655. The maximum atomic E-state index is 12.3. The van der Waals surface area contributed by atoms with Crippen LogP contribution < -0.4 is 10.1 Å². The predicted octanol–water partition coefficient (Wildman–Crippen LogP) is 1.55. The average Bonchev–Trinajstić information content (AvgIpc) is 2.38. The van der Waals surface area contributed by atoms with Crippen molar-refractivity contribution in [2.24, 2.45) is 0 Å². The Morgan fingerprint density at radius 1 is 1.50 bits per heavy atom. The number of nitrogens with one attached hydrogen (secondary N) is 1. The molecule has 0 aliphatic carbocycles. The third kappa shape index (κ3) is 3.15. The highest BCUT2D eigenvalue weighted by Gasteiger charge is 2.23. The van der Waals surface area contributed by atoms with E-state index >= 15 is 0 Å². The van der Waals surface area contributed by atoms with E-state index in [4.69, 9.17) is 4.74 Å². The van der Waals surface area contributed by atoms with Gasteiger partial charge in [-0.25, -0.2) is 0 Å². The molecule has 18 heavy (non-hydrogen) atoms. The monoisotopic (exact) mass is 270 g/mol. The van der Waals surface area contributed by atoms with Crippen molar-refractivity contribution in [3.63, 3.8) is 0 Å². The summed E-state index contributed by atoms with van der Waals surface area (Å²) in [5.74, 6) is 0.802. The van der Waals surface area contributed by atoms with Crippen LogP contribution in [0.5, 0.6) is 5.75 Å². The number of carbonyl (C=O) groups excluding carboxylic acids is 1. The van der Waals surface area contributed by atoms with Gasteiger partial charge in [0.05, 0.1) is 7.11 Å². The van der Waals surface area contributed by atoms with E-state index in [0.717, 1.165) is 25.4 Å². The number of benzene rings is 1. The first-order valence-electron chi connectivity index (χ1n) is 5.88. The standard InChI is InChI=1S/C13H18N2O2.ClH/c1-10-9-14-6-7-15(10)13(16)11-4-3-5-12(8-11)17-2;/h3-5,8,10,14H,6-7,9H2,1-2H3;1H/t10-;/m0./s1. The van der Waals surface area contributed by atoms with Crippen LogP contribution in [0.15, 0.2) is 24.3 Å². The van der Waals surface area contributed by atoms with E-state index in [-0.39, 0.29) is 24.4 Å². The van der Waals surface area contributed by atoms with Crippen LogP contribution in [-0.4, -0.2) is 43.6 Å². The number of amides is 1. The zero-order valence-electron chi connectivity index (χ0n) is 10.7. The smallest absolute Gasteiger partial charge is 0.254 e. The molecule has 1 heterocycles. The third-order valence-corrected chi connectivity index (χ3v) is 3.08. The summed E-state index contributed by atoms with van der Waals surface area (Å²) in [4.78, 5) is 14.2. The Labute approximate surface area is 114 Å². The molecule has 1 aromatic rings. The van der Waals surface area contributed by atoms with Gasteiger partial charge in [-0.15, -0.1) is 12.4 Å². The molecule has 1 aromatic carbocycles. The van der Waals surface area contributed by atoms with E-state index in [0.29, 0.717) is 5.56 Å². The van der Waals surface area contributed by atoms with Gasteiger partial charge in [0.15, 0.2) is 0 Å². The Balaban J connectivity index is 0.00000162. The summed E-state index contributed by atoms with van der Waals surface area (Å²) in [6.07, 6.45) is 0. The van der Waals surface area contributed by atoms with E-state index in [2.05, 4.69) is 12.2 Å².